The molecule has 0 spiro atoms. The summed E-state index contributed by atoms with van der Waals surface area (Å²) in [5.74, 6) is 0.388. The fourth-order valence-corrected chi connectivity index (χ4v) is 4.60. The second-order valence-corrected chi connectivity index (χ2v) is 8.71. The molecule has 0 aliphatic heterocycles. The molecule has 0 unspecified atom stereocenters. The van der Waals surface area contributed by atoms with Gasteiger partial charge >= 0.3 is 0 Å². The number of nitriles is 1. The van der Waals surface area contributed by atoms with Crippen molar-refractivity contribution in [3.8, 4) is 23.2 Å². The summed E-state index contributed by atoms with van der Waals surface area (Å²) in [5.41, 5.74) is 2.82. The number of nitrogens with zero attached hydrogens (tertiary/aromatic N) is 3. The lowest BCUT2D eigenvalue weighted by Gasteiger charge is -2.16. The Morgan fingerprint density at radius 2 is 1.88 bits per heavy atom. The maximum absolute atomic E-state index is 12.8. The highest BCUT2D eigenvalue weighted by molar-refractivity contribution is 7.89. The van der Waals surface area contributed by atoms with Crippen LogP contribution in [0.1, 0.15) is 5.56 Å². The molecule has 2 heterocycles. The van der Waals surface area contributed by atoms with Gasteiger partial charge in [0.1, 0.15) is 25.1 Å². The zero-order valence-corrected chi connectivity index (χ0v) is 17.7. The fraction of sp³-hybridized carbons (Fsp3) is 0.182. The maximum atomic E-state index is 12.8. The topological polar surface area (TPSA) is 97.0 Å². The number of halogens is 2. The van der Waals surface area contributed by atoms with E-state index in [1.54, 1.807) is 28.8 Å². The van der Waals surface area contributed by atoms with Crippen molar-refractivity contribution in [2.24, 2.45) is 0 Å². The molecule has 1 N–H and O–H groups in total. The van der Waals surface area contributed by atoms with Crippen molar-refractivity contribution >= 4 is 26.8 Å². The standard InChI is InChI=1S/C22H18F2N4O3S/c1-31-20-10-9-18-19(13-25)21(28(22(18)26-20)16-3-2-4-16)14-5-7-17(8-6-14)32(29,30)27-15(11-23)12-24/h2-10,15,27H,11-12H2,1H3. The molecule has 0 atom stereocenters. The number of ether oxygens (including phenoxy) is 1. The number of hydrogen-bond acceptors (Lipinski definition) is 5. The molecule has 1 aliphatic carbocycles. The van der Waals surface area contributed by atoms with E-state index < -0.39 is 29.4 Å². The van der Waals surface area contributed by atoms with Crippen LogP contribution in [0.3, 0.4) is 0 Å². The second kappa shape index (κ2) is 8.53. The molecule has 164 valence electrons. The number of sulfonamides is 1. The van der Waals surface area contributed by atoms with Gasteiger partial charge in [-0.25, -0.2) is 21.9 Å². The van der Waals surface area contributed by atoms with E-state index in [1.807, 2.05) is 23.0 Å². The molecule has 0 radical (unpaired) electrons. The molecule has 0 fully saturated rings. The van der Waals surface area contributed by atoms with Gasteiger partial charge in [-0.2, -0.15) is 10.2 Å². The van der Waals surface area contributed by atoms with Gasteiger partial charge < -0.3 is 4.74 Å². The predicted molar refractivity (Wildman–Crippen MR) is 116 cm³/mol. The molecule has 10 heteroatoms. The molecule has 4 rings (SSSR count). The molecule has 7 nitrogen and oxygen atoms in total. The number of methoxy groups -OCH3 is 1. The number of alkyl halides is 2. The van der Waals surface area contributed by atoms with Crippen molar-refractivity contribution in [2.45, 2.75) is 10.9 Å². The minimum Gasteiger partial charge on any atom is -0.481 e. The number of benzene rings is 1. The van der Waals surface area contributed by atoms with Gasteiger partial charge in [0.15, 0.2) is 0 Å². The Labute approximate surface area is 183 Å². The van der Waals surface area contributed by atoms with E-state index in [2.05, 4.69) is 11.1 Å². The molecule has 2 aromatic heterocycles. The van der Waals surface area contributed by atoms with Gasteiger partial charge in [-0.3, -0.25) is 4.57 Å². The van der Waals surface area contributed by atoms with Crippen LogP contribution < -0.4 is 9.46 Å². The highest BCUT2D eigenvalue weighted by atomic mass is 32.2. The van der Waals surface area contributed by atoms with Crippen LogP contribution in [0.2, 0.25) is 0 Å². The Bertz CT molecular complexity index is 1380. The summed E-state index contributed by atoms with van der Waals surface area (Å²) >= 11 is 0. The molecular formula is C22H18F2N4O3S. The largest absolute Gasteiger partial charge is 0.481 e. The number of fused-ring (bicyclic) bond motifs is 1. The van der Waals surface area contributed by atoms with E-state index in [-0.39, 0.29) is 4.90 Å². The van der Waals surface area contributed by atoms with Crippen LogP contribution in [0.5, 0.6) is 5.88 Å². The van der Waals surface area contributed by atoms with E-state index in [0.29, 0.717) is 33.7 Å². The molecule has 1 aliphatic rings. The van der Waals surface area contributed by atoms with Crippen molar-refractivity contribution in [1.29, 1.82) is 5.26 Å². The monoisotopic (exact) mass is 456 g/mol. The normalized spacial score (nSPS) is 13.2. The summed E-state index contributed by atoms with van der Waals surface area (Å²) in [4.78, 5) is 4.36. The number of hydrogen-bond donors (Lipinski definition) is 1. The lowest BCUT2D eigenvalue weighted by molar-refractivity contribution is 0.334. The van der Waals surface area contributed by atoms with Gasteiger partial charge in [0.2, 0.25) is 15.9 Å². The Balaban J connectivity index is 1.84. The first-order valence-electron chi connectivity index (χ1n) is 9.56. The van der Waals surface area contributed by atoms with Crippen LogP contribution in [-0.2, 0) is 10.0 Å². The molecule has 3 aromatic rings. The Morgan fingerprint density at radius 1 is 1.19 bits per heavy atom. The van der Waals surface area contributed by atoms with Gasteiger partial charge in [0.25, 0.3) is 0 Å². The third-order valence-corrected chi connectivity index (χ3v) is 6.57. The summed E-state index contributed by atoms with van der Waals surface area (Å²) in [7, 11) is -2.61. The first kappa shape index (κ1) is 21.7. The van der Waals surface area contributed by atoms with Gasteiger partial charge in [-0.1, -0.05) is 18.2 Å². The molecule has 32 heavy (non-hydrogen) atoms. The van der Waals surface area contributed by atoms with Gasteiger partial charge in [0, 0.05) is 22.7 Å². The fourth-order valence-electron chi connectivity index (χ4n) is 3.41. The summed E-state index contributed by atoms with van der Waals surface area (Å²) < 4.78 is 59.4. The number of allylic oxidation sites excluding steroid dienone is 4. The van der Waals surface area contributed by atoms with Crippen molar-refractivity contribution in [3.63, 3.8) is 0 Å². The maximum Gasteiger partial charge on any atom is 0.240 e. The first-order valence-corrected chi connectivity index (χ1v) is 11.0. The van der Waals surface area contributed by atoms with E-state index in [1.165, 1.54) is 19.2 Å². The summed E-state index contributed by atoms with van der Waals surface area (Å²) in [6.45, 7) is -2.31. The number of nitrogens with one attached hydrogen (secondary N) is 1. The Morgan fingerprint density at radius 3 is 2.41 bits per heavy atom. The lowest BCUT2D eigenvalue weighted by atomic mass is 10.1. The van der Waals surface area contributed by atoms with E-state index in [4.69, 9.17) is 4.74 Å². The molecule has 0 saturated carbocycles. The zero-order chi connectivity index (χ0) is 22.9. The predicted octanol–water partition coefficient (Wildman–Crippen LogP) is 3.58. The van der Waals surface area contributed by atoms with E-state index in [9.17, 15) is 22.5 Å². The van der Waals surface area contributed by atoms with Crippen molar-refractivity contribution in [1.82, 2.24) is 14.3 Å². The minimum atomic E-state index is -4.11. The van der Waals surface area contributed by atoms with Crippen LogP contribution in [0.15, 0.2) is 59.5 Å². The smallest absolute Gasteiger partial charge is 0.240 e. The average Bonchev–Trinajstić information content (AvgIpc) is 3.09. The third-order valence-electron chi connectivity index (χ3n) is 5.04. The van der Waals surface area contributed by atoms with Gasteiger partial charge in [-0.05, 0) is 30.4 Å². The van der Waals surface area contributed by atoms with Crippen LogP contribution in [0, 0.1) is 11.3 Å². The second-order valence-electron chi connectivity index (χ2n) is 7.00. The minimum absolute atomic E-state index is 0.142. The molecule has 1 aromatic carbocycles. The molecule has 0 amide bonds. The van der Waals surface area contributed by atoms with Gasteiger partial charge in [0.05, 0.1) is 29.3 Å². The highest BCUT2D eigenvalue weighted by Crippen LogP contribution is 2.37. The Kier molecular flexibility index (Phi) is 5.78. The number of pyridine rings is 1. The summed E-state index contributed by atoms with van der Waals surface area (Å²) in [6, 6.07) is 9.93. The summed E-state index contributed by atoms with van der Waals surface area (Å²) in [6.07, 6.45) is 5.58. The van der Waals surface area contributed by atoms with E-state index in [0.717, 1.165) is 5.70 Å². The van der Waals surface area contributed by atoms with Crippen molar-refractivity contribution < 1.29 is 21.9 Å². The SMILES string of the molecule is COc1ccc2c(C#N)c(-c3ccc(S(=O)(=O)NC(CF)CF)cc3)n(C3=CC=C3)c2n1. The average molecular weight is 456 g/mol. The number of rotatable bonds is 8. The third kappa shape index (κ3) is 3.66. The number of aromatic nitrogens is 2. The van der Waals surface area contributed by atoms with Crippen LogP contribution in [0.4, 0.5) is 8.78 Å². The van der Waals surface area contributed by atoms with Crippen LogP contribution >= 0.6 is 0 Å². The van der Waals surface area contributed by atoms with E-state index >= 15 is 0 Å². The molecule has 0 saturated heterocycles. The first-order chi connectivity index (χ1) is 15.4. The van der Waals surface area contributed by atoms with Crippen molar-refractivity contribution in [2.75, 3.05) is 20.5 Å². The quantitative estimate of drug-likeness (QED) is 0.559. The summed E-state index contributed by atoms with van der Waals surface area (Å²) in [5, 5.41) is 10.5. The van der Waals surface area contributed by atoms with Crippen LogP contribution in [-0.4, -0.2) is 44.5 Å². The van der Waals surface area contributed by atoms with Crippen LogP contribution in [0.25, 0.3) is 28.0 Å². The van der Waals surface area contributed by atoms with Crippen molar-refractivity contribution in [3.05, 3.63) is 60.2 Å². The zero-order valence-electron chi connectivity index (χ0n) is 16.9. The molecular weight excluding hydrogens is 438 g/mol. The molecule has 0 bridgehead atoms. The lowest BCUT2D eigenvalue weighted by Crippen LogP contribution is -2.37. The highest BCUT2D eigenvalue weighted by Gasteiger charge is 2.24. The Hall–Kier alpha value is -3.55. The van der Waals surface area contributed by atoms with Gasteiger partial charge in [-0.15, -0.1) is 0 Å².